The summed E-state index contributed by atoms with van der Waals surface area (Å²) in [5.41, 5.74) is 1.23. The molecule has 0 amide bonds. The van der Waals surface area contributed by atoms with Gasteiger partial charge in [-0.2, -0.15) is 0 Å². The summed E-state index contributed by atoms with van der Waals surface area (Å²) in [6.07, 6.45) is 4.12. The number of hydrogen-bond acceptors (Lipinski definition) is 5. The van der Waals surface area contributed by atoms with E-state index in [2.05, 4.69) is 24.8 Å². The van der Waals surface area contributed by atoms with E-state index >= 15 is 0 Å². The maximum absolute atomic E-state index is 11.7. The molecule has 2 rings (SSSR count). The molecule has 0 unspecified atom stereocenters. The number of methoxy groups -OCH3 is 2. The van der Waals surface area contributed by atoms with Gasteiger partial charge in [-0.3, -0.25) is 0 Å². The topological polar surface area (TPSA) is 59.1 Å². The van der Waals surface area contributed by atoms with Crippen molar-refractivity contribution in [2.45, 2.75) is 39.2 Å². The van der Waals surface area contributed by atoms with E-state index in [0.29, 0.717) is 25.0 Å². The molecule has 1 atom stereocenters. The van der Waals surface area contributed by atoms with Crippen LogP contribution in [0, 0.1) is 5.92 Å². The van der Waals surface area contributed by atoms with E-state index in [-0.39, 0.29) is 0 Å². The molecular formula is C20H34N2O4S. The second-order valence-electron chi connectivity index (χ2n) is 7.44. The van der Waals surface area contributed by atoms with E-state index in [4.69, 9.17) is 9.47 Å². The van der Waals surface area contributed by atoms with Crippen molar-refractivity contribution in [2.24, 2.45) is 5.92 Å². The molecule has 1 aromatic rings. The Morgan fingerprint density at radius 2 is 1.81 bits per heavy atom. The molecule has 0 aromatic heterocycles. The Balaban J connectivity index is 1.93. The normalized spacial score (nSPS) is 17.9. The fraction of sp³-hybridized carbons (Fsp3) is 0.700. The van der Waals surface area contributed by atoms with Crippen LogP contribution in [0.3, 0.4) is 0 Å². The molecule has 1 aliphatic heterocycles. The highest BCUT2D eigenvalue weighted by molar-refractivity contribution is 7.88. The Kier molecular flexibility index (Phi) is 7.94. The first-order chi connectivity index (χ1) is 12.8. The summed E-state index contributed by atoms with van der Waals surface area (Å²) >= 11 is 0. The summed E-state index contributed by atoms with van der Waals surface area (Å²) < 4.78 is 35.7. The number of hydrogen-bond donors (Lipinski definition) is 0. The summed E-state index contributed by atoms with van der Waals surface area (Å²) in [7, 11) is 0.251. The average molecular weight is 399 g/mol. The fourth-order valence-electron chi connectivity index (χ4n) is 3.85. The Morgan fingerprint density at radius 1 is 1.19 bits per heavy atom. The molecule has 1 saturated heterocycles. The van der Waals surface area contributed by atoms with Gasteiger partial charge in [-0.25, -0.2) is 12.7 Å². The Hall–Kier alpha value is -1.31. The molecule has 0 radical (unpaired) electrons. The molecule has 1 fully saturated rings. The van der Waals surface area contributed by atoms with Crippen LogP contribution < -0.4 is 9.47 Å². The molecule has 0 saturated carbocycles. The molecule has 1 heterocycles. The van der Waals surface area contributed by atoms with Gasteiger partial charge in [0.1, 0.15) is 0 Å². The monoisotopic (exact) mass is 398 g/mol. The first-order valence-electron chi connectivity index (χ1n) is 9.68. The third-order valence-electron chi connectivity index (χ3n) is 5.54. The maximum atomic E-state index is 11.7. The SMILES string of the molecule is CCN(CC1CCN(S(C)(=O)=O)CC1)[C@@H](C)Cc1ccc(OC)c(OC)c1. The molecule has 0 spiro atoms. The van der Waals surface area contributed by atoms with Crippen molar-refractivity contribution in [3.05, 3.63) is 23.8 Å². The summed E-state index contributed by atoms with van der Waals surface area (Å²) in [4.78, 5) is 2.50. The second kappa shape index (κ2) is 9.75. The molecule has 27 heavy (non-hydrogen) atoms. The predicted octanol–water partition coefficient (Wildman–Crippen LogP) is 2.63. The van der Waals surface area contributed by atoms with Crippen molar-refractivity contribution < 1.29 is 17.9 Å². The van der Waals surface area contributed by atoms with E-state index in [1.807, 2.05) is 12.1 Å². The van der Waals surface area contributed by atoms with Gasteiger partial charge < -0.3 is 14.4 Å². The third kappa shape index (κ3) is 6.09. The molecular weight excluding hydrogens is 364 g/mol. The first-order valence-corrected chi connectivity index (χ1v) is 11.5. The van der Waals surface area contributed by atoms with Crippen LogP contribution >= 0.6 is 0 Å². The average Bonchev–Trinajstić information content (AvgIpc) is 2.65. The van der Waals surface area contributed by atoms with Gasteiger partial charge in [-0.15, -0.1) is 0 Å². The van der Waals surface area contributed by atoms with Gasteiger partial charge in [0.25, 0.3) is 0 Å². The van der Waals surface area contributed by atoms with E-state index in [1.165, 1.54) is 11.8 Å². The Labute approximate surface area is 164 Å². The summed E-state index contributed by atoms with van der Waals surface area (Å²) in [6.45, 7) is 7.74. The molecule has 0 bridgehead atoms. The molecule has 7 heteroatoms. The quantitative estimate of drug-likeness (QED) is 0.640. The van der Waals surface area contributed by atoms with Crippen molar-refractivity contribution in [3.8, 4) is 11.5 Å². The van der Waals surface area contributed by atoms with Crippen LogP contribution in [0.15, 0.2) is 18.2 Å². The summed E-state index contributed by atoms with van der Waals surface area (Å²) in [5.74, 6) is 2.06. The number of sulfonamides is 1. The van der Waals surface area contributed by atoms with Crippen molar-refractivity contribution in [1.82, 2.24) is 9.21 Å². The fourth-order valence-corrected chi connectivity index (χ4v) is 4.73. The van der Waals surface area contributed by atoms with E-state index in [9.17, 15) is 8.42 Å². The first kappa shape index (κ1) is 22.0. The van der Waals surface area contributed by atoms with Gasteiger partial charge in [-0.05, 0) is 56.3 Å². The van der Waals surface area contributed by atoms with Gasteiger partial charge in [-0.1, -0.05) is 13.0 Å². The van der Waals surface area contributed by atoms with E-state index in [0.717, 1.165) is 43.9 Å². The van der Waals surface area contributed by atoms with Gasteiger partial charge in [0.2, 0.25) is 10.0 Å². The highest BCUT2D eigenvalue weighted by atomic mass is 32.2. The smallest absolute Gasteiger partial charge is 0.211 e. The minimum Gasteiger partial charge on any atom is -0.493 e. The minimum absolute atomic E-state index is 0.404. The lowest BCUT2D eigenvalue weighted by Gasteiger charge is -2.36. The van der Waals surface area contributed by atoms with Crippen LogP contribution in [0.5, 0.6) is 11.5 Å². The lowest BCUT2D eigenvalue weighted by molar-refractivity contribution is 0.152. The summed E-state index contributed by atoms with van der Waals surface area (Å²) in [5, 5.41) is 0. The van der Waals surface area contributed by atoms with Gasteiger partial charge in [0, 0.05) is 25.7 Å². The lowest BCUT2D eigenvalue weighted by Crippen LogP contribution is -2.43. The highest BCUT2D eigenvalue weighted by Crippen LogP contribution is 2.28. The van der Waals surface area contributed by atoms with Gasteiger partial charge in [0.05, 0.1) is 20.5 Å². The van der Waals surface area contributed by atoms with Crippen LogP contribution in [0.4, 0.5) is 0 Å². The predicted molar refractivity (Wildman–Crippen MR) is 109 cm³/mol. The molecule has 154 valence electrons. The zero-order valence-corrected chi connectivity index (χ0v) is 18.1. The van der Waals surface area contributed by atoms with E-state index in [1.54, 1.807) is 18.5 Å². The van der Waals surface area contributed by atoms with Crippen molar-refractivity contribution in [2.75, 3.05) is 46.7 Å². The number of likely N-dealkylation sites (N-methyl/N-ethyl adjacent to an activating group) is 1. The Bertz CT molecular complexity index is 700. The molecule has 0 N–H and O–H groups in total. The Morgan fingerprint density at radius 3 is 2.33 bits per heavy atom. The number of piperidine rings is 1. The second-order valence-corrected chi connectivity index (χ2v) is 9.42. The summed E-state index contributed by atoms with van der Waals surface area (Å²) in [6, 6.07) is 6.50. The minimum atomic E-state index is -3.06. The molecule has 1 aliphatic rings. The maximum Gasteiger partial charge on any atom is 0.211 e. The van der Waals surface area contributed by atoms with Crippen LogP contribution in [0.25, 0.3) is 0 Å². The number of rotatable bonds is 9. The molecule has 0 aliphatic carbocycles. The number of ether oxygens (including phenoxy) is 2. The zero-order valence-electron chi connectivity index (χ0n) is 17.3. The standard InChI is InChI=1S/C20H34N2O4S/c1-6-21(15-17-9-11-22(12-10-17)27(5,23)24)16(2)13-18-7-8-19(25-3)20(14-18)26-4/h7-8,14,16-17H,6,9-13,15H2,1-5H3/t16-/m0/s1. The van der Waals surface area contributed by atoms with Crippen molar-refractivity contribution >= 4 is 10.0 Å². The zero-order chi connectivity index (χ0) is 20.0. The van der Waals surface area contributed by atoms with Crippen molar-refractivity contribution in [3.63, 3.8) is 0 Å². The number of nitrogens with zero attached hydrogens (tertiary/aromatic N) is 2. The largest absolute Gasteiger partial charge is 0.493 e. The van der Waals surface area contributed by atoms with Crippen molar-refractivity contribution in [1.29, 1.82) is 0 Å². The molecule has 1 aromatic carbocycles. The van der Waals surface area contributed by atoms with Crippen LogP contribution in [0.1, 0.15) is 32.3 Å². The van der Waals surface area contributed by atoms with Crippen LogP contribution in [-0.4, -0.2) is 70.3 Å². The molecule has 6 nitrogen and oxygen atoms in total. The highest BCUT2D eigenvalue weighted by Gasteiger charge is 2.27. The van der Waals surface area contributed by atoms with E-state index < -0.39 is 10.0 Å². The van der Waals surface area contributed by atoms with Gasteiger partial charge >= 0.3 is 0 Å². The van der Waals surface area contributed by atoms with Crippen LogP contribution in [-0.2, 0) is 16.4 Å². The van der Waals surface area contributed by atoms with Crippen LogP contribution in [0.2, 0.25) is 0 Å². The third-order valence-corrected chi connectivity index (χ3v) is 6.85. The van der Waals surface area contributed by atoms with Gasteiger partial charge in [0.15, 0.2) is 11.5 Å². The number of benzene rings is 1. The lowest BCUT2D eigenvalue weighted by atomic mass is 9.96.